The van der Waals surface area contributed by atoms with Crippen LogP contribution in [0.2, 0.25) is 0 Å². The van der Waals surface area contributed by atoms with Crippen molar-refractivity contribution in [2.24, 2.45) is 11.8 Å². The predicted molar refractivity (Wildman–Crippen MR) is 46.5 cm³/mol. The van der Waals surface area contributed by atoms with Crippen molar-refractivity contribution in [2.45, 2.75) is 33.3 Å². The second kappa shape index (κ2) is 5.56. The van der Waals surface area contributed by atoms with E-state index in [0.29, 0.717) is 6.10 Å². The molecule has 1 N–H and O–H groups in total. The second-order valence-corrected chi connectivity index (χ2v) is 3.20. The normalized spacial score (nSPS) is 37.4. The van der Waals surface area contributed by atoms with Gasteiger partial charge in [0.2, 0.25) is 0 Å². The lowest BCUT2D eigenvalue weighted by Gasteiger charge is -2.31. The molecule has 2 nitrogen and oxygen atoms in total. The molecule has 1 fully saturated rings. The maximum atomic E-state index is 7.00. The summed E-state index contributed by atoms with van der Waals surface area (Å²) in [4.78, 5) is 0. The molecule has 1 aliphatic heterocycles. The van der Waals surface area contributed by atoms with Crippen molar-refractivity contribution in [1.82, 2.24) is 0 Å². The zero-order valence-electron chi connectivity index (χ0n) is 8.00. The van der Waals surface area contributed by atoms with Gasteiger partial charge in [0.15, 0.2) is 0 Å². The molecule has 0 bridgehead atoms. The Morgan fingerprint density at radius 3 is 2.09 bits per heavy atom. The van der Waals surface area contributed by atoms with Crippen molar-refractivity contribution < 1.29 is 9.84 Å². The Hall–Kier alpha value is -0.0800. The van der Waals surface area contributed by atoms with E-state index in [0.717, 1.165) is 25.6 Å². The highest BCUT2D eigenvalue weighted by Crippen LogP contribution is 2.25. The van der Waals surface area contributed by atoms with Gasteiger partial charge in [0.25, 0.3) is 0 Å². The number of hydrogen-bond donors (Lipinski definition) is 1. The molecule has 0 saturated carbocycles. The minimum atomic E-state index is 0.480. The summed E-state index contributed by atoms with van der Waals surface area (Å²) in [5, 5.41) is 7.00. The van der Waals surface area contributed by atoms with Crippen LogP contribution in [0.15, 0.2) is 0 Å². The molecule has 3 atom stereocenters. The molecule has 0 aromatic carbocycles. The van der Waals surface area contributed by atoms with Gasteiger partial charge in [-0.3, -0.25) is 0 Å². The van der Waals surface area contributed by atoms with E-state index in [1.807, 2.05) is 0 Å². The third-order valence-corrected chi connectivity index (χ3v) is 2.59. The van der Waals surface area contributed by atoms with Crippen LogP contribution in [0.5, 0.6) is 0 Å². The van der Waals surface area contributed by atoms with Gasteiger partial charge >= 0.3 is 0 Å². The van der Waals surface area contributed by atoms with Crippen LogP contribution in [0, 0.1) is 11.8 Å². The van der Waals surface area contributed by atoms with E-state index in [9.17, 15) is 0 Å². The van der Waals surface area contributed by atoms with Crippen molar-refractivity contribution in [3.05, 3.63) is 0 Å². The molecule has 1 saturated heterocycles. The molecule has 1 aliphatic rings. The van der Waals surface area contributed by atoms with Crippen LogP contribution in [0.3, 0.4) is 0 Å². The minimum Gasteiger partial charge on any atom is -0.400 e. The fraction of sp³-hybridized carbons (Fsp3) is 1.00. The third kappa shape index (κ3) is 3.21. The van der Waals surface area contributed by atoms with Crippen molar-refractivity contribution >= 4 is 0 Å². The molecule has 68 valence electrons. The molecule has 0 aromatic heterocycles. The highest BCUT2D eigenvalue weighted by molar-refractivity contribution is 4.72. The van der Waals surface area contributed by atoms with Gasteiger partial charge in [-0.25, -0.2) is 0 Å². The fourth-order valence-corrected chi connectivity index (χ4v) is 1.32. The number of aliphatic hydroxyl groups is 1. The maximum Gasteiger partial charge on any atom is 0.0575 e. The van der Waals surface area contributed by atoms with E-state index in [4.69, 9.17) is 9.84 Å². The molecule has 0 aromatic rings. The molecule has 11 heavy (non-hydrogen) atoms. The number of ether oxygens (including phenoxy) is 1. The summed E-state index contributed by atoms with van der Waals surface area (Å²) in [6, 6.07) is 0. The molecule has 1 unspecified atom stereocenters. The van der Waals surface area contributed by atoms with Gasteiger partial charge in [0.05, 0.1) is 6.10 Å². The predicted octanol–water partition coefficient (Wildman–Crippen LogP) is 1.68. The lowest BCUT2D eigenvalue weighted by atomic mass is 9.87. The van der Waals surface area contributed by atoms with E-state index in [2.05, 4.69) is 20.8 Å². The van der Waals surface area contributed by atoms with Crippen LogP contribution in [-0.4, -0.2) is 24.9 Å². The average molecular weight is 160 g/mol. The SMILES string of the molecule is CC1CCO[C@@H](C)[C@@H]1C.CO. The van der Waals surface area contributed by atoms with Gasteiger partial charge in [-0.05, 0) is 25.2 Å². The van der Waals surface area contributed by atoms with Gasteiger partial charge < -0.3 is 9.84 Å². The number of hydrogen-bond acceptors (Lipinski definition) is 2. The fourth-order valence-electron chi connectivity index (χ4n) is 1.32. The van der Waals surface area contributed by atoms with E-state index in [1.165, 1.54) is 6.42 Å². The Balaban J connectivity index is 0.000000461. The molecule has 0 spiro atoms. The summed E-state index contributed by atoms with van der Waals surface area (Å²) >= 11 is 0. The standard InChI is InChI=1S/C8H16O.CH4O/c1-6-4-5-9-8(3)7(6)2;1-2/h6-8H,4-5H2,1-3H3;2H,1H3/t6?,7-,8+;/m1./s1. The second-order valence-electron chi connectivity index (χ2n) is 3.20. The van der Waals surface area contributed by atoms with Crippen molar-refractivity contribution in [3.8, 4) is 0 Å². The molecule has 0 radical (unpaired) electrons. The monoisotopic (exact) mass is 160 g/mol. The van der Waals surface area contributed by atoms with Crippen LogP contribution >= 0.6 is 0 Å². The van der Waals surface area contributed by atoms with Crippen LogP contribution in [0.4, 0.5) is 0 Å². The number of aliphatic hydroxyl groups excluding tert-OH is 1. The first-order valence-electron chi connectivity index (χ1n) is 4.28. The minimum absolute atomic E-state index is 0.480. The molecule has 2 heteroatoms. The first kappa shape index (κ1) is 10.9. The summed E-state index contributed by atoms with van der Waals surface area (Å²) in [7, 11) is 1.00. The van der Waals surface area contributed by atoms with Gasteiger partial charge in [-0.15, -0.1) is 0 Å². The van der Waals surface area contributed by atoms with E-state index >= 15 is 0 Å². The highest BCUT2D eigenvalue weighted by atomic mass is 16.5. The van der Waals surface area contributed by atoms with Gasteiger partial charge in [-0.1, -0.05) is 13.8 Å². The first-order valence-corrected chi connectivity index (χ1v) is 4.28. The summed E-state index contributed by atoms with van der Waals surface area (Å²) in [6.07, 6.45) is 1.72. The van der Waals surface area contributed by atoms with Gasteiger partial charge in [0, 0.05) is 13.7 Å². The molecular formula is C9H20O2. The van der Waals surface area contributed by atoms with Crippen molar-refractivity contribution in [1.29, 1.82) is 0 Å². The molecule has 0 amide bonds. The topological polar surface area (TPSA) is 29.5 Å². The van der Waals surface area contributed by atoms with Crippen molar-refractivity contribution in [2.75, 3.05) is 13.7 Å². The summed E-state index contributed by atoms with van der Waals surface area (Å²) in [5.41, 5.74) is 0. The Morgan fingerprint density at radius 1 is 1.18 bits per heavy atom. The molecule has 1 rings (SSSR count). The molecule has 0 aliphatic carbocycles. The molecule has 1 heterocycles. The zero-order chi connectivity index (χ0) is 8.85. The van der Waals surface area contributed by atoms with Crippen LogP contribution in [0.1, 0.15) is 27.2 Å². The molecular weight excluding hydrogens is 140 g/mol. The summed E-state index contributed by atoms with van der Waals surface area (Å²) < 4.78 is 5.46. The Kier molecular flexibility index (Phi) is 5.51. The first-order chi connectivity index (χ1) is 5.22. The average Bonchev–Trinajstić information content (AvgIpc) is 2.04. The zero-order valence-corrected chi connectivity index (χ0v) is 8.00. The Labute approximate surface area is 69.6 Å². The van der Waals surface area contributed by atoms with Gasteiger partial charge in [-0.2, -0.15) is 0 Å². The summed E-state index contributed by atoms with van der Waals surface area (Å²) in [6.45, 7) is 7.71. The lowest BCUT2D eigenvalue weighted by molar-refractivity contribution is -0.0345. The summed E-state index contributed by atoms with van der Waals surface area (Å²) in [5.74, 6) is 1.60. The van der Waals surface area contributed by atoms with E-state index in [-0.39, 0.29) is 0 Å². The maximum absolute atomic E-state index is 7.00. The third-order valence-electron chi connectivity index (χ3n) is 2.59. The Morgan fingerprint density at radius 2 is 1.73 bits per heavy atom. The largest absolute Gasteiger partial charge is 0.400 e. The smallest absolute Gasteiger partial charge is 0.0575 e. The van der Waals surface area contributed by atoms with Crippen LogP contribution < -0.4 is 0 Å². The van der Waals surface area contributed by atoms with Crippen molar-refractivity contribution in [3.63, 3.8) is 0 Å². The van der Waals surface area contributed by atoms with Gasteiger partial charge in [0.1, 0.15) is 0 Å². The quantitative estimate of drug-likeness (QED) is 0.584. The van der Waals surface area contributed by atoms with Crippen LogP contribution in [-0.2, 0) is 4.74 Å². The van der Waals surface area contributed by atoms with E-state index < -0.39 is 0 Å². The Bertz CT molecular complexity index is 83.6. The highest BCUT2D eigenvalue weighted by Gasteiger charge is 2.23. The number of rotatable bonds is 0. The van der Waals surface area contributed by atoms with Crippen LogP contribution in [0.25, 0.3) is 0 Å². The van der Waals surface area contributed by atoms with E-state index in [1.54, 1.807) is 0 Å². The lowest BCUT2D eigenvalue weighted by Crippen LogP contribution is -2.30.